The molecule has 2 atom stereocenters. The minimum absolute atomic E-state index is 0.686. The smallest absolute Gasteiger partial charge is 0.0704 e. The predicted octanol–water partition coefficient (Wildman–Crippen LogP) is 3.87. The summed E-state index contributed by atoms with van der Waals surface area (Å²) in [7, 11) is 0. The topological polar surface area (TPSA) is 24.9 Å². The monoisotopic (exact) mass is 254 g/mol. The molecule has 1 heterocycles. The van der Waals surface area contributed by atoms with Gasteiger partial charge < -0.3 is 5.32 Å². The average Bonchev–Trinajstić information content (AvgIpc) is 2.47. The van der Waals surface area contributed by atoms with Crippen molar-refractivity contribution in [3.8, 4) is 0 Å². The van der Waals surface area contributed by atoms with Gasteiger partial charge in [0.15, 0.2) is 0 Å². The first-order chi connectivity index (χ1) is 9.38. The van der Waals surface area contributed by atoms with E-state index >= 15 is 0 Å². The Morgan fingerprint density at radius 2 is 2.16 bits per heavy atom. The maximum absolute atomic E-state index is 4.48. The lowest BCUT2D eigenvalue weighted by molar-refractivity contribution is 0.345. The summed E-state index contributed by atoms with van der Waals surface area (Å²) in [4.78, 5) is 4.48. The number of nitrogens with zero attached hydrogens (tertiary/aromatic N) is 1. The standard InChI is InChI=1S/C17H22N2/c1-2-18-14-7-3-6-13(12-14)15-8-4-10-17-16(15)9-5-11-19-17/h4-5,8-11,13-14,18H,2-3,6-7,12H2,1H3. The van der Waals surface area contributed by atoms with Crippen LogP contribution in [0.25, 0.3) is 10.9 Å². The van der Waals surface area contributed by atoms with Gasteiger partial charge in [0, 0.05) is 17.6 Å². The van der Waals surface area contributed by atoms with Crippen LogP contribution in [0.2, 0.25) is 0 Å². The SMILES string of the molecule is CCNC1CCCC(c2cccc3ncccc23)C1. The zero-order chi connectivity index (χ0) is 13.1. The second-order valence-electron chi connectivity index (χ2n) is 5.54. The number of hydrogen-bond acceptors (Lipinski definition) is 2. The summed E-state index contributed by atoms with van der Waals surface area (Å²) in [6.45, 7) is 3.28. The second kappa shape index (κ2) is 5.70. The lowest BCUT2D eigenvalue weighted by Crippen LogP contribution is -2.33. The number of nitrogens with one attached hydrogen (secondary N) is 1. The van der Waals surface area contributed by atoms with E-state index in [1.807, 2.05) is 6.20 Å². The molecule has 0 spiro atoms. The Morgan fingerprint density at radius 1 is 1.21 bits per heavy atom. The highest BCUT2D eigenvalue weighted by atomic mass is 14.9. The molecule has 1 aliphatic rings. The van der Waals surface area contributed by atoms with E-state index in [1.165, 1.54) is 36.6 Å². The number of fused-ring (bicyclic) bond motifs is 1. The molecule has 0 saturated heterocycles. The summed E-state index contributed by atoms with van der Waals surface area (Å²) < 4.78 is 0. The van der Waals surface area contributed by atoms with Gasteiger partial charge in [-0.25, -0.2) is 0 Å². The fourth-order valence-corrected chi connectivity index (χ4v) is 3.43. The third kappa shape index (κ3) is 2.64. The molecular formula is C17H22N2. The lowest BCUT2D eigenvalue weighted by atomic mass is 9.80. The van der Waals surface area contributed by atoms with E-state index in [0.717, 1.165) is 12.1 Å². The highest BCUT2D eigenvalue weighted by Gasteiger charge is 2.23. The Bertz CT molecular complexity index is 542. The Hall–Kier alpha value is -1.41. The molecule has 100 valence electrons. The van der Waals surface area contributed by atoms with Gasteiger partial charge in [-0.3, -0.25) is 4.98 Å². The van der Waals surface area contributed by atoms with E-state index in [1.54, 1.807) is 0 Å². The average molecular weight is 254 g/mol. The molecule has 1 aromatic heterocycles. The van der Waals surface area contributed by atoms with Gasteiger partial charge in [0.25, 0.3) is 0 Å². The first-order valence-electron chi connectivity index (χ1n) is 7.45. The van der Waals surface area contributed by atoms with Gasteiger partial charge in [0.05, 0.1) is 5.52 Å². The molecule has 0 bridgehead atoms. The van der Waals surface area contributed by atoms with Crippen LogP contribution in [0.4, 0.5) is 0 Å². The van der Waals surface area contributed by atoms with Crippen molar-refractivity contribution in [2.45, 2.75) is 44.6 Å². The van der Waals surface area contributed by atoms with Crippen LogP contribution in [-0.2, 0) is 0 Å². The number of hydrogen-bond donors (Lipinski definition) is 1. The van der Waals surface area contributed by atoms with Gasteiger partial charge in [0.2, 0.25) is 0 Å². The third-order valence-corrected chi connectivity index (χ3v) is 4.29. The summed E-state index contributed by atoms with van der Waals surface area (Å²) in [6.07, 6.45) is 7.12. The summed E-state index contributed by atoms with van der Waals surface area (Å²) in [6, 6.07) is 11.5. The van der Waals surface area contributed by atoms with E-state index < -0.39 is 0 Å². The van der Waals surface area contributed by atoms with Gasteiger partial charge in [-0.05, 0) is 49.4 Å². The van der Waals surface area contributed by atoms with Crippen LogP contribution in [0, 0.1) is 0 Å². The molecule has 2 nitrogen and oxygen atoms in total. The van der Waals surface area contributed by atoms with Gasteiger partial charge in [-0.15, -0.1) is 0 Å². The van der Waals surface area contributed by atoms with Gasteiger partial charge in [-0.2, -0.15) is 0 Å². The minimum atomic E-state index is 0.686. The van der Waals surface area contributed by atoms with Gasteiger partial charge in [0.1, 0.15) is 0 Å². The van der Waals surface area contributed by atoms with Crippen LogP contribution in [0.5, 0.6) is 0 Å². The minimum Gasteiger partial charge on any atom is -0.314 e. The van der Waals surface area contributed by atoms with Crippen molar-refractivity contribution >= 4 is 10.9 Å². The number of aromatic nitrogens is 1. The molecule has 0 amide bonds. The summed E-state index contributed by atoms with van der Waals surface area (Å²) in [5.74, 6) is 0.686. The van der Waals surface area contributed by atoms with E-state index in [2.05, 4.69) is 47.6 Å². The molecule has 19 heavy (non-hydrogen) atoms. The van der Waals surface area contributed by atoms with Crippen LogP contribution in [0.15, 0.2) is 36.5 Å². The zero-order valence-electron chi connectivity index (χ0n) is 11.6. The van der Waals surface area contributed by atoms with E-state index in [9.17, 15) is 0 Å². The predicted molar refractivity (Wildman–Crippen MR) is 80.4 cm³/mol. The van der Waals surface area contributed by atoms with Crippen molar-refractivity contribution in [1.29, 1.82) is 0 Å². The Balaban J connectivity index is 1.91. The number of benzene rings is 1. The van der Waals surface area contributed by atoms with Crippen molar-refractivity contribution in [1.82, 2.24) is 10.3 Å². The van der Waals surface area contributed by atoms with Crippen LogP contribution >= 0.6 is 0 Å². The maximum atomic E-state index is 4.48. The van der Waals surface area contributed by atoms with E-state index in [4.69, 9.17) is 0 Å². The van der Waals surface area contributed by atoms with Crippen LogP contribution in [-0.4, -0.2) is 17.6 Å². The Kier molecular flexibility index (Phi) is 3.79. The maximum Gasteiger partial charge on any atom is 0.0704 e. The quantitative estimate of drug-likeness (QED) is 0.899. The van der Waals surface area contributed by atoms with E-state index in [-0.39, 0.29) is 0 Å². The molecule has 1 fully saturated rings. The molecule has 1 aromatic carbocycles. The van der Waals surface area contributed by atoms with E-state index in [0.29, 0.717) is 12.0 Å². The lowest BCUT2D eigenvalue weighted by Gasteiger charge is -2.30. The molecule has 2 heteroatoms. The molecule has 1 N–H and O–H groups in total. The highest BCUT2D eigenvalue weighted by molar-refractivity contribution is 5.82. The normalized spacial score (nSPS) is 23.6. The van der Waals surface area contributed by atoms with Crippen LogP contribution in [0.1, 0.15) is 44.1 Å². The molecule has 2 unspecified atom stereocenters. The first kappa shape index (κ1) is 12.6. The van der Waals surface area contributed by atoms with Crippen molar-refractivity contribution in [2.75, 3.05) is 6.54 Å². The molecular weight excluding hydrogens is 232 g/mol. The van der Waals surface area contributed by atoms with Gasteiger partial charge >= 0.3 is 0 Å². The summed E-state index contributed by atoms with van der Waals surface area (Å²) in [5.41, 5.74) is 2.62. The van der Waals surface area contributed by atoms with Crippen LogP contribution in [0.3, 0.4) is 0 Å². The highest BCUT2D eigenvalue weighted by Crippen LogP contribution is 2.36. The number of pyridine rings is 1. The molecule has 0 radical (unpaired) electrons. The molecule has 1 saturated carbocycles. The van der Waals surface area contributed by atoms with Crippen molar-refractivity contribution in [3.63, 3.8) is 0 Å². The fraction of sp³-hybridized carbons (Fsp3) is 0.471. The fourth-order valence-electron chi connectivity index (χ4n) is 3.43. The van der Waals surface area contributed by atoms with Crippen molar-refractivity contribution in [2.24, 2.45) is 0 Å². The van der Waals surface area contributed by atoms with Crippen LogP contribution < -0.4 is 5.32 Å². The molecule has 0 aliphatic heterocycles. The Morgan fingerprint density at radius 3 is 3.05 bits per heavy atom. The van der Waals surface area contributed by atoms with Gasteiger partial charge in [-0.1, -0.05) is 31.5 Å². The van der Waals surface area contributed by atoms with Crippen molar-refractivity contribution in [3.05, 3.63) is 42.1 Å². The largest absolute Gasteiger partial charge is 0.314 e. The zero-order valence-corrected chi connectivity index (χ0v) is 11.6. The van der Waals surface area contributed by atoms with Crippen molar-refractivity contribution < 1.29 is 0 Å². The Labute approximate surface area is 115 Å². The molecule has 3 rings (SSSR count). The summed E-state index contributed by atoms with van der Waals surface area (Å²) in [5, 5.41) is 4.96. The number of rotatable bonds is 3. The summed E-state index contributed by atoms with van der Waals surface area (Å²) >= 11 is 0. The molecule has 2 aromatic rings. The molecule has 1 aliphatic carbocycles. The first-order valence-corrected chi connectivity index (χ1v) is 7.45. The second-order valence-corrected chi connectivity index (χ2v) is 5.54. The third-order valence-electron chi connectivity index (χ3n) is 4.29.